The topological polar surface area (TPSA) is 29.5 Å². The molecule has 3 nitrogen and oxygen atoms in total. The van der Waals surface area contributed by atoms with Crippen molar-refractivity contribution in [1.29, 1.82) is 0 Å². The Bertz CT molecular complexity index is 744. The average molecular weight is 361 g/mol. The van der Waals surface area contributed by atoms with E-state index in [0.717, 1.165) is 21.8 Å². The minimum Gasteiger partial charge on any atom is -0.496 e. The normalized spacial score (nSPS) is 11.3. The summed E-state index contributed by atoms with van der Waals surface area (Å²) in [5.74, 6) is 0.483. The van der Waals surface area contributed by atoms with Gasteiger partial charge in [-0.1, -0.05) is 18.2 Å². The molecular weight excluding hydrogens is 337 g/mol. The van der Waals surface area contributed by atoms with Crippen LogP contribution in [0.2, 0.25) is 0 Å². The van der Waals surface area contributed by atoms with E-state index in [0.29, 0.717) is 6.54 Å². The molecule has 0 aliphatic rings. The smallest absolute Gasteiger partial charge is 0.232 e. The molecule has 0 aromatic heterocycles. The van der Waals surface area contributed by atoms with Gasteiger partial charge in [0.05, 0.1) is 12.5 Å². The number of hydrogen-bond acceptors (Lipinski definition) is 3. The SMILES string of the molecule is COc1cc(CN(C)C(=O)C(C)(C)c2ccc(F)cc2)ccc1SC. The first-order chi connectivity index (χ1) is 11.8. The fraction of sp³-hybridized carbons (Fsp3) is 0.350. The Labute approximate surface area is 153 Å². The van der Waals surface area contributed by atoms with E-state index in [4.69, 9.17) is 4.74 Å². The van der Waals surface area contributed by atoms with Gasteiger partial charge in [-0.25, -0.2) is 4.39 Å². The number of likely N-dealkylation sites (N-methyl/N-ethyl adjacent to an activating group) is 1. The Morgan fingerprint density at radius 2 is 1.84 bits per heavy atom. The van der Waals surface area contributed by atoms with Gasteiger partial charge < -0.3 is 9.64 Å². The zero-order valence-electron chi connectivity index (χ0n) is 15.3. The molecule has 1 amide bonds. The highest BCUT2D eigenvalue weighted by molar-refractivity contribution is 7.98. The molecule has 2 aromatic rings. The van der Waals surface area contributed by atoms with Gasteiger partial charge in [0.25, 0.3) is 0 Å². The van der Waals surface area contributed by atoms with Gasteiger partial charge >= 0.3 is 0 Å². The molecule has 0 N–H and O–H groups in total. The summed E-state index contributed by atoms with van der Waals surface area (Å²) in [4.78, 5) is 15.7. The molecule has 0 fully saturated rings. The summed E-state index contributed by atoms with van der Waals surface area (Å²) in [6, 6.07) is 12.1. The van der Waals surface area contributed by atoms with Gasteiger partial charge in [0.15, 0.2) is 0 Å². The molecular formula is C20H24FNO2S. The number of methoxy groups -OCH3 is 1. The van der Waals surface area contributed by atoms with Crippen LogP contribution in [0.15, 0.2) is 47.4 Å². The summed E-state index contributed by atoms with van der Waals surface area (Å²) >= 11 is 1.62. The van der Waals surface area contributed by atoms with Crippen LogP contribution in [0.4, 0.5) is 4.39 Å². The molecule has 0 aliphatic carbocycles. The summed E-state index contributed by atoms with van der Waals surface area (Å²) in [5.41, 5.74) is 1.06. The second-order valence-electron chi connectivity index (χ2n) is 6.48. The van der Waals surface area contributed by atoms with E-state index in [1.165, 1.54) is 12.1 Å². The van der Waals surface area contributed by atoms with Crippen LogP contribution in [0, 0.1) is 5.82 Å². The molecule has 134 valence electrons. The third kappa shape index (κ3) is 4.34. The second-order valence-corrected chi connectivity index (χ2v) is 7.33. The van der Waals surface area contributed by atoms with E-state index in [1.54, 1.807) is 43.0 Å². The molecule has 5 heteroatoms. The Hall–Kier alpha value is -2.01. The van der Waals surface area contributed by atoms with Crippen molar-refractivity contribution in [3.05, 3.63) is 59.4 Å². The van der Waals surface area contributed by atoms with Gasteiger partial charge in [0, 0.05) is 18.5 Å². The molecule has 2 rings (SSSR count). The summed E-state index contributed by atoms with van der Waals surface area (Å²) in [6.45, 7) is 4.20. The number of halogens is 1. The molecule has 0 heterocycles. The lowest BCUT2D eigenvalue weighted by molar-refractivity contribution is -0.135. The van der Waals surface area contributed by atoms with Crippen molar-refractivity contribution >= 4 is 17.7 Å². The van der Waals surface area contributed by atoms with Crippen molar-refractivity contribution in [2.75, 3.05) is 20.4 Å². The van der Waals surface area contributed by atoms with Crippen molar-refractivity contribution in [3.63, 3.8) is 0 Å². The molecule has 0 atom stereocenters. The van der Waals surface area contributed by atoms with Gasteiger partial charge in [0.1, 0.15) is 11.6 Å². The van der Waals surface area contributed by atoms with Crippen molar-refractivity contribution in [3.8, 4) is 5.75 Å². The van der Waals surface area contributed by atoms with Crippen molar-refractivity contribution in [1.82, 2.24) is 4.90 Å². The first kappa shape index (κ1) is 19.3. The van der Waals surface area contributed by atoms with E-state index < -0.39 is 5.41 Å². The van der Waals surface area contributed by atoms with Gasteiger partial charge in [0.2, 0.25) is 5.91 Å². The Morgan fingerprint density at radius 1 is 1.20 bits per heavy atom. The van der Waals surface area contributed by atoms with Gasteiger partial charge in [-0.15, -0.1) is 11.8 Å². The first-order valence-corrected chi connectivity index (χ1v) is 9.24. The minimum atomic E-state index is -0.730. The van der Waals surface area contributed by atoms with E-state index in [9.17, 15) is 9.18 Å². The quantitative estimate of drug-likeness (QED) is 0.710. The van der Waals surface area contributed by atoms with E-state index in [2.05, 4.69) is 0 Å². The summed E-state index contributed by atoms with van der Waals surface area (Å²) in [7, 11) is 3.42. The van der Waals surface area contributed by atoms with Crippen LogP contribution in [0.3, 0.4) is 0 Å². The maximum absolute atomic E-state index is 13.1. The molecule has 2 aromatic carbocycles. The minimum absolute atomic E-state index is 0.0213. The van der Waals surface area contributed by atoms with Crippen LogP contribution in [0.5, 0.6) is 5.75 Å². The zero-order chi connectivity index (χ0) is 18.6. The third-order valence-electron chi connectivity index (χ3n) is 4.31. The molecule has 0 aliphatic heterocycles. The van der Waals surface area contributed by atoms with Crippen LogP contribution >= 0.6 is 11.8 Å². The lowest BCUT2D eigenvalue weighted by atomic mass is 9.83. The average Bonchev–Trinajstić information content (AvgIpc) is 2.61. The fourth-order valence-corrected chi connectivity index (χ4v) is 3.34. The molecule has 0 spiro atoms. The molecule has 0 unspecified atom stereocenters. The summed E-state index contributed by atoms with van der Waals surface area (Å²) in [6.07, 6.45) is 2.00. The summed E-state index contributed by atoms with van der Waals surface area (Å²) < 4.78 is 18.6. The maximum Gasteiger partial charge on any atom is 0.232 e. The Kier molecular flexibility index (Phi) is 6.11. The van der Waals surface area contributed by atoms with E-state index in [-0.39, 0.29) is 11.7 Å². The predicted octanol–water partition coefficient (Wildman–Crippen LogP) is 4.49. The third-order valence-corrected chi connectivity index (χ3v) is 5.09. The number of carbonyl (C=O) groups excluding carboxylic acids is 1. The zero-order valence-corrected chi connectivity index (χ0v) is 16.1. The number of hydrogen-bond donors (Lipinski definition) is 0. The number of carbonyl (C=O) groups is 1. The molecule has 0 saturated heterocycles. The Morgan fingerprint density at radius 3 is 2.40 bits per heavy atom. The highest BCUT2D eigenvalue weighted by Gasteiger charge is 2.32. The van der Waals surface area contributed by atoms with Crippen LogP contribution in [-0.4, -0.2) is 31.2 Å². The van der Waals surface area contributed by atoms with Crippen molar-refractivity contribution < 1.29 is 13.9 Å². The van der Waals surface area contributed by atoms with Crippen LogP contribution in [0.1, 0.15) is 25.0 Å². The molecule has 25 heavy (non-hydrogen) atoms. The van der Waals surface area contributed by atoms with Gasteiger partial charge in [-0.05, 0) is 55.5 Å². The lowest BCUT2D eigenvalue weighted by Crippen LogP contribution is -2.41. The predicted molar refractivity (Wildman–Crippen MR) is 101 cm³/mol. The number of nitrogens with zero attached hydrogens (tertiary/aromatic N) is 1. The number of rotatable bonds is 6. The highest BCUT2D eigenvalue weighted by atomic mass is 32.2. The van der Waals surface area contributed by atoms with Crippen molar-refractivity contribution in [2.24, 2.45) is 0 Å². The standard InChI is InChI=1S/C20H24FNO2S/c1-20(2,15-7-9-16(21)10-8-15)19(23)22(3)13-14-6-11-18(25-5)17(12-14)24-4/h6-12H,13H2,1-5H3. The largest absolute Gasteiger partial charge is 0.496 e. The van der Waals surface area contributed by atoms with Gasteiger partial charge in [-0.3, -0.25) is 4.79 Å². The molecule has 0 saturated carbocycles. The second kappa shape index (κ2) is 7.91. The van der Waals surface area contributed by atoms with Gasteiger partial charge in [-0.2, -0.15) is 0 Å². The molecule has 0 radical (unpaired) electrons. The fourth-order valence-electron chi connectivity index (χ4n) is 2.79. The summed E-state index contributed by atoms with van der Waals surface area (Å²) in [5, 5.41) is 0. The number of amides is 1. The first-order valence-electron chi connectivity index (χ1n) is 8.02. The maximum atomic E-state index is 13.1. The molecule has 0 bridgehead atoms. The van der Waals surface area contributed by atoms with Crippen LogP contribution in [0.25, 0.3) is 0 Å². The number of ether oxygens (including phenoxy) is 1. The van der Waals surface area contributed by atoms with E-state index in [1.807, 2.05) is 38.3 Å². The lowest BCUT2D eigenvalue weighted by Gasteiger charge is -2.30. The van der Waals surface area contributed by atoms with Crippen molar-refractivity contribution in [2.45, 2.75) is 30.7 Å². The highest BCUT2D eigenvalue weighted by Crippen LogP contribution is 2.30. The number of thioether (sulfide) groups is 1. The van der Waals surface area contributed by atoms with E-state index >= 15 is 0 Å². The number of benzene rings is 2. The van der Waals surface area contributed by atoms with Crippen LogP contribution < -0.4 is 4.74 Å². The monoisotopic (exact) mass is 361 g/mol. The Balaban J connectivity index is 2.18. The van der Waals surface area contributed by atoms with Crippen LogP contribution in [-0.2, 0) is 16.8 Å².